The molecule has 0 aliphatic carbocycles. The summed E-state index contributed by atoms with van der Waals surface area (Å²) in [5, 5.41) is 16.5. The lowest BCUT2D eigenvalue weighted by Crippen LogP contribution is -2.12. The third-order valence-corrected chi connectivity index (χ3v) is 4.10. The Morgan fingerprint density at radius 1 is 1.35 bits per heavy atom. The van der Waals surface area contributed by atoms with Crippen molar-refractivity contribution in [3.8, 4) is 0 Å². The minimum atomic E-state index is 0.0810. The molecule has 2 aromatic rings. The molecule has 3 N–H and O–H groups in total. The number of rotatable bonds is 3. The number of aromatic nitrogens is 2. The number of amidine groups is 1. The molecule has 17 heavy (non-hydrogen) atoms. The van der Waals surface area contributed by atoms with Crippen molar-refractivity contribution in [2.45, 2.75) is 23.1 Å². The van der Waals surface area contributed by atoms with Crippen molar-refractivity contribution in [1.82, 2.24) is 10.2 Å². The van der Waals surface area contributed by atoms with Gasteiger partial charge in [-0.05, 0) is 26.0 Å². The fraction of sp³-hybridized carbons (Fsp3) is 0.182. The molecule has 0 radical (unpaired) electrons. The fourth-order valence-electron chi connectivity index (χ4n) is 1.36. The van der Waals surface area contributed by atoms with Crippen LogP contribution in [0.5, 0.6) is 0 Å². The summed E-state index contributed by atoms with van der Waals surface area (Å²) in [7, 11) is 0. The third kappa shape index (κ3) is 2.83. The Morgan fingerprint density at radius 3 is 2.71 bits per heavy atom. The van der Waals surface area contributed by atoms with Crippen molar-refractivity contribution in [2.75, 3.05) is 0 Å². The van der Waals surface area contributed by atoms with Gasteiger partial charge >= 0.3 is 0 Å². The average Bonchev–Trinajstić information content (AvgIpc) is 2.66. The molecule has 0 amide bonds. The predicted molar refractivity (Wildman–Crippen MR) is 71.0 cm³/mol. The van der Waals surface area contributed by atoms with Gasteiger partial charge in [0, 0.05) is 10.5 Å². The Kier molecular flexibility index (Phi) is 3.44. The maximum absolute atomic E-state index is 7.58. The Labute approximate surface area is 108 Å². The zero-order chi connectivity index (χ0) is 12.4. The van der Waals surface area contributed by atoms with E-state index in [2.05, 4.69) is 10.2 Å². The third-order valence-electron chi connectivity index (χ3n) is 2.13. The largest absolute Gasteiger partial charge is 0.384 e. The highest BCUT2D eigenvalue weighted by Gasteiger charge is 2.10. The van der Waals surface area contributed by atoms with E-state index >= 15 is 0 Å². The van der Waals surface area contributed by atoms with Crippen molar-refractivity contribution in [3.05, 3.63) is 34.3 Å². The van der Waals surface area contributed by atoms with Gasteiger partial charge < -0.3 is 5.73 Å². The first kappa shape index (κ1) is 12.1. The highest BCUT2D eigenvalue weighted by Crippen LogP contribution is 2.32. The summed E-state index contributed by atoms with van der Waals surface area (Å²) in [5.74, 6) is 0.0810. The van der Waals surface area contributed by atoms with Gasteiger partial charge in [-0.15, -0.1) is 10.2 Å². The van der Waals surface area contributed by atoms with Crippen LogP contribution < -0.4 is 5.73 Å². The summed E-state index contributed by atoms with van der Waals surface area (Å²) in [6, 6.07) is 5.88. The van der Waals surface area contributed by atoms with Crippen LogP contribution in [-0.2, 0) is 0 Å². The molecule has 4 nitrogen and oxygen atoms in total. The van der Waals surface area contributed by atoms with Crippen LogP contribution >= 0.6 is 23.1 Å². The van der Waals surface area contributed by atoms with Crippen molar-refractivity contribution < 1.29 is 0 Å². The number of hydrogen-bond donors (Lipinski definition) is 2. The number of nitrogens with zero attached hydrogens (tertiary/aromatic N) is 2. The summed E-state index contributed by atoms with van der Waals surface area (Å²) < 4.78 is 0.869. The van der Waals surface area contributed by atoms with Crippen LogP contribution in [0.3, 0.4) is 0 Å². The van der Waals surface area contributed by atoms with Crippen LogP contribution in [0.4, 0.5) is 0 Å². The number of benzene rings is 1. The van der Waals surface area contributed by atoms with Gasteiger partial charge in [0.05, 0.1) is 0 Å². The molecule has 0 bridgehead atoms. The van der Waals surface area contributed by atoms with E-state index in [4.69, 9.17) is 11.1 Å². The lowest BCUT2D eigenvalue weighted by Gasteiger charge is -2.06. The van der Waals surface area contributed by atoms with Gasteiger partial charge in [0.1, 0.15) is 10.8 Å². The van der Waals surface area contributed by atoms with Gasteiger partial charge in [-0.3, -0.25) is 5.41 Å². The van der Waals surface area contributed by atoms with E-state index in [1.165, 1.54) is 23.1 Å². The van der Waals surface area contributed by atoms with Gasteiger partial charge in [-0.1, -0.05) is 34.7 Å². The van der Waals surface area contributed by atoms with Crippen molar-refractivity contribution in [2.24, 2.45) is 5.73 Å². The van der Waals surface area contributed by atoms with Gasteiger partial charge in [-0.25, -0.2) is 0 Å². The minimum Gasteiger partial charge on any atom is -0.384 e. The molecule has 0 aliphatic heterocycles. The van der Waals surface area contributed by atoms with E-state index < -0.39 is 0 Å². The Morgan fingerprint density at radius 2 is 2.12 bits per heavy atom. The Bertz CT molecular complexity index is 562. The smallest absolute Gasteiger partial charge is 0.179 e. The molecule has 0 unspecified atom stereocenters. The predicted octanol–water partition coefficient (Wildman–Crippen LogP) is 2.59. The summed E-state index contributed by atoms with van der Waals surface area (Å²) in [4.78, 5) is 0.944. The van der Waals surface area contributed by atoms with Gasteiger partial charge in [0.25, 0.3) is 0 Å². The topological polar surface area (TPSA) is 75.7 Å². The van der Waals surface area contributed by atoms with E-state index in [1.807, 2.05) is 32.0 Å². The quantitative estimate of drug-likeness (QED) is 0.660. The maximum atomic E-state index is 7.58. The van der Waals surface area contributed by atoms with E-state index in [9.17, 15) is 0 Å². The van der Waals surface area contributed by atoms with E-state index in [0.29, 0.717) is 0 Å². The van der Waals surface area contributed by atoms with Gasteiger partial charge in [0.2, 0.25) is 0 Å². The molecular weight excluding hydrogens is 252 g/mol. The molecule has 1 heterocycles. The molecule has 0 saturated carbocycles. The number of nitrogen functional groups attached to an aromatic ring is 1. The molecule has 0 saturated heterocycles. The zero-order valence-electron chi connectivity index (χ0n) is 9.52. The molecule has 0 atom stereocenters. The molecule has 1 aromatic heterocycles. The van der Waals surface area contributed by atoms with Gasteiger partial charge in [-0.2, -0.15) is 0 Å². The Balaban J connectivity index is 2.35. The van der Waals surface area contributed by atoms with Crippen LogP contribution in [0, 0.1) is 19.3 Å². The number of nitrogens with one attached hydrogen (secondary N) is 1. The minimum absolute atomic E-state index is 0.0810. The summed E-state index contributed by atoms with van der Waals surface area (Å²) in [6.07, 6.45) is 0. The monoisotopic (exact) mass is 264 g/mol. The second-order valence-corrected chi connectivity index (χ2v) is 6.07. The van der Waals surface area contributed by atoms with Gasteiger partial charge in [0.15, 0.2) is 4.34 Å². The molecule has 0 aliphatic rings. The first-order valence-corrected chi connectivity index (χ1v) is 6.62. The first-order valence-electron chi connectivity index (χ1n) is 4.99. The standard InChI is InChI=1S/C11H12N4S2/c1-6-3-4-9(8(5-6)10(12)13)17-11-15-14-7(2)16-11/h3-5H,1-2H3,(H3,12,13). The lowest BCUT2D eigenvalue weighted by molar-refractivity contribution is 0.983. The highest BCUT2D eigenvalue weighted by molar-refractivity contribution is 8.01. The van der Waals surface area contributed by atoms with E-state index in [-0.39, 0.29) is 5.84 Å². The van der Waals surface area contributed by atoms with Crippen LogP contribution in [0.1, 0.15) is 16.1 Å². The molecular formula is C11H12N4S2. The van der Waals surface area contributed by atoms with Crippen molar-refractivity contribution in [3.63, 3.8) is 0 Å². The Hall–Kier alpha value is -1.40. The number of aryl methyl sites for hydroxylation is 2. The van der Waals surface area contributed by atoms with Crippen LogP contribution in [-0.4, -0.2) is 16.0 Å². The normalized spacial score (nSPS) is 10.5. The van der Waals surface area contributed by atoms with E-state index in [1.54, 1.807) is 0 Å². The average molecular weight is 264 g/mol. The van der Waals surface area contributed by atoms with Crippen molar-refractivity contribution >= 4 is 28.9 Å². The maximum Gasteiger partial charge on any atom is 0.179 e. The second kappa shape index (κ2) is 4.85. The van der Waals surface area contributed by atoms with E-state index in [0.717, 1.165) is 25.4 Å². The zero-order valence-corrected chi connectivity index (χ0v) is 11.2. The molecule has 0 spiro atoms. The first-order chi connectivity index (χ1) is 8.06. The SMILES string of the molecule is Cc1ccc(Sc2nnc(C)s2)c(C(=N)N)c1. The molecule has 1 aromatic carbocycles. The number of hydrogen-bond acceptors (Lipinski definition) is 5. The summed E-state index contributed by atoms with van der Waals surface area (Å²) in [6.45, 7) is 3.90. The van der Waals surface area contributed by atoms with Crippen LogP contribution in [0.15, 0.2) is 27.4 Å². The lowest BCUT2D eigenvalue weighted by atomic mass is 10.1. The molecule has 0 fully saturated rings. The second-order valence-electron chi connectivity index (χ2n) is 3.60. The molecule has 88 valence electrons. The fourth-order valence-corrected chi connectivity index (χ4v) is 3.26. The number of nitrogens with two attached hydrogens (primary N) is 1. The summed E-state index contributed by atoms with van der Waals surface area (Å²) in [5.41, 5.74) is 7.42. The highest BCUT2D eigenvalue weighted by atomic mass is 32.2. The van der Waals surface area contributed by atoms with Crippen LogP contribution in [0.2, 0.25) is 0 Å². The molecule has 6 heteroatoms. The van der Waals surface area contributed by atoms with Crippen molar-refractivity contribution in [1.29, 1.82) is 5.41 Å². The summed E-state index contributed by atoms with van der Waals surface area (Å²) >= 11 is 3.03. The van der Waals surface area contributed by atoms with Crippen LogP contribution in [0.25, 0.3) is 0 Å². The molecule has 2 rings (SSSR count).